The van der Waals surface area contributed by atoms with Crippen LogP contribution in [-0.2, 0) is 5.41 Å². The van der Waals surface area contributed by atoms with E-state index in [1.165, 1.54) is 11.1 Å². The lowest BCUT2D eigenvalue weighted by atomic mass is 9.81. The molecular formula is C15H26. The second-order valence-corrected chi connectivity index (χ2v) is 4.99. The van der Waals surface area contributed by atoms with E-state index in [-0.39, 0.29) is 5.41 Å². The topological polar surface area (TPSA) is 0 Å². The summed E-state index contributed by atoms with van der Waals surface area (Å²) < 4.78 is 0. The summed E-state index contributed by atoms with van der Waals surface area (Å²) in [7, 11) is 0. The second kappa shape index (κ2) is 5.95. The Kier molecular flexibility index (Phi) is 5.64. The van der Waals surface area contributed by atoms with Crippen molar-refractivity contribution in [3.8, 4) is 0 Å². The van der Waals surface area contributed by atoms with Gasteiger partial charge in [-0.15, -0.1) is 0 Å². The van der Waals surface area contributed by atoms with E-state index in [1.807, 2.05) is 13.8 Å². The Morgan fingerprint density at radius 3 is 1.73 bits per heavy atom. The quantitative estimate of drug-likeness (QED) is 0.597. The van der Waals surface area contributed by atoms with Crippen molar-refractivity contribution >= 4 is 0 Å². The zero-order valence-corrected chi connectivity index (χ0v) is 11.4. The van der Waals surface area contributed by atoms with Gasteiger partial charge in [0.25, 0.3) is 0 Å². The van der Waals surface area contributed by atoms with Crippen molar-refractivity contribution in [1.82, 2.24) is 0 Å². The molecule has 1 aromatic carbocycles. The second-order valence-electron chi connectivity index (χ2n) is 4.99. The van der Waals surface area contributed by atoms with Crippen LogP contribution in [0.1, 0.15) is 65.5 Å². The molecular weight excluding hydrogens is 180 g/mol. The van der Waals surface area contributed by atoms with Crippen molar-refractivity contribution in [2.75, 3.05) is 0 Å². The lowest BCUT2D eigenvalue weighted by molar-refractivity contribution is 0.577. The van der Waals surface area contributed by atoms with Gasteiger partial charge in [-0.25, -0.2) is 0 Å². The lowest BCUT2D eigenvalue weighted by Gasteiger charge is -2.24. The molecule has 0 fully saturated rings. The largest absolute Gasteiger partial charge is 0.0683 e. The van der Waals surface area contributed by atoms with Gasteiger partial charge < -0.3 is 0 Å². The number of benzene rings is 1. The Bertz CT molecular complexity index is 276. The summed E-state index contributed by atoms with van der Waals surface area (Å²) in [6.45, 7) is 15.3. The van der Waals surface area contributed by atoms with Crippen molar-refractivity contribution in [2.24, 2.45) is 0 Å². The Morgan fingerprint density at radius 2 is 1.40 bits per heavy atom. The molecule has 0 nitrogen and oxygen atoms in total. The van der Waals surface area contributed by atoms with Gasteiger partial charge in [0.05, 0.1) is 0 Å². The highest BCUT2D eigenvalue weighted by Gasteiger charge is 2.18. The molecule has 86 valence electrons. The minimum Gasteiger partial charge on any atom is -0.0683 e. The van der Waals surface area contributed by atoms with Crippen LogP contribution in [0.15, 0.2) is 24.3 Å². The van der Waals surface area contributed by atoms with Gasteiger partial charge in [-0.1, -0.05) is 72.7 Å². The summed E-state index contributed by atoms with van der Waals surface area (Å²) in [4.78, 5) is 0. The van der Waals surface area contributed by atoms with E-state index in [2.05, 4.69) is 58.9 Å². The summed E-state index contributed by atoms with van der Waals surface area (Å²) in [5.41, 5.74) is 3.22. The minimum absolute atomic E-state index is 0.265. The molecule has 0 spiro atoms. The highest BCUT2D eigenvalue weighted by atomic mass is 14.2. The fourth-order valence-electron chi connectivity index (χ4n) is 1.68. The van der Waals surface area contributed by atoms with Crippen LogP contribution in [0.25, 0.3) is 0 Å². The van der Waals surface area contributed by atoms with E-state index in [9.17, 15) is 0 Å². The molecule has 0 aromatic heterocycles. The smallest absolute Gasteiger partial charge is 0.0129 e. The average Bonchev–Trinajstić information content (AvgIpc) is 2.19. The van der Waals surface area contributed by atoms with Gasteiger partial charge in [0.2, 0.25) is 0 Å². The standard InChI is InChI=1S/C13H20.C2H6/c1-10(2)11-8-6-7-9-12(11)13(3,4)5;1-2/h6-10H,1-5H3;1-2H3. The van der Waals surface area contributed by atoms with Crippen molar-refractivity contribution in [3.05, 3.63) is 35.4 Å². The number of hydrogen-bond donors (Lipinski definition) is 0. The van der Waals surface area contributed by atoms with E-state index in [0.717, 1.165) is 0 Å². The van der Waals surface area contributed by atoms with Crippen LogP contribution in [0.5, 0.6) is 0 Å². The molecule has 0 bridgehead atoms. The highest BCUT2D eigenvalue weighted by molar-refractivity contribution is 5.34. The van der Waals surface area contributed by atoms with E-state index in [1.54, 1.807) is 0 Å². The summed E-state index contributed by atoms with van der Waals surface area (Å²) in [5.74, 6) is 0.621. The third kappa shape index (κ3) is 4.07. The van der Waals surface area contributed by atoms with Gasteiger partial charge >= 0.3 is 0 Å². The molecule has 0 heteroatoms. The van der Waals surface area contributed by atoms with Gasteiger partial charge in [-0.3, -0.25) is 0 Å². The molecule has 0 aliphatic rings. The van der Waals surface area contributed by atoms with Crippen LogP contribution in [0, 0.1) is 0 Å². The van der Waals surface area contributed by atoms with Gasteiger partial charge in [0.15, 0.2) is 0 Å². The maximum absolute atomic E-state index is 2.27. The first kappa shape index (κ1) is 14.2. The Balaban J connectivity index is 0.000000921. The van der Waals surface area contributed by atoms with Crippen molar-refractivity contribution < 1.29 is 0 Å². The van der Waals surface area contributed by atoms with Crippen LogP contribution in [0.2, 0.25) is 0 Å². The van der Waals surface area contributed by atoms with Crippen molar-refractivity contribution in [3.63, 3.8) is 0 Å². The molecule has 1 rings (SSSR count). The zero-order chi connectivity index (χ0) is 12.1. The SMILES string of the molecule is CC.CC(C)c1ccccc1C(C)(C)C. The van der Waals surface area contributed by atoms with Crippen LogP contribution in [-0.4, -0.2) is 0 Å². The fraction of sp³-hybridized carbons (Fsp3) is 0.600. The van der Waals surface area contributed by atoms with Crippen molar-refractivity contribution in [2.45, 2.75) is 59.8 Å². The maximum Gasteiger partial charge on any atom is -0.0129 e. The van der Waals surface area contributed by atoms with E-state index < -0.39 is 0 Å². The molecule has 0 saturated heterocycles. The van der Waals surface area contributed by atoms with Crippen LogP contribution in [0.3, 0.4) is 0 Å². The molecule has 15 heavy (non-hydrogen) atoms. The molecule has 0 saturated carbocycles. The summed E-state index contributed by atoms with van der Waals surface area (Å²) >= 11 is 0. The van der Waals surface area contributed by atoms with Crippen LogP contribution in [0.4, 0.5) is 0 Å². The Morgan fingerprint density at radius 1 is 0.933 bits per heavy atom. The molecule has 1 aromatic rings. The van der Waals surface area contributed by atoms with Crippen LogP contribution < -0.4 is 0 Å². The van der Waals surface area contributed by atoms with Gasteiger partial charge in [0.1, 0.15) is 0 Å². The third-order valence-electron chi connectivity index (χ3n) is 2.39. The highest BCUT2D eigenvalue weighted by Crippen LogP contribution is 2.29. The zero-order valence-electron chi connectivity index (χ0n) is 11.4. The third-order valence-corrected chi connectivity index (χ3v) is 2.39. The Labute approximate surface area is 95.7 Å². The lowest BCUT2D eigenvalue weighted by Crippen LogP contribution is -2.14. The average molecular weight is 206 g/mol. The maximum atomic E-state index is 2.27. The van der Waals surface area contributed by atoms with E-state index in [4.69, 9.17) is 0 Å². The first-order valence-electron chi connectivity index (χ1n) is 6.02. The van der Waals surface area contributed by atoms with E-state index in [0.29, 0.717) is 5.92 Å². The minimum atomic E-state index is 0.265. The van der Waals surface area contributed by atoms with Gasteiger partial charge in [-0.2, -0.15) is 0 Å². The molecule has 0 atom stereocenters. The predicted molar refractivity (Wildman–Crippen MR) is 70.6 cm³/mol. The Hall–Kier alpha value is -0.780. The molecule has 0 aliphatic carbocycles. The summed E-state index contributed by atoms with van der Waals surface area (Å²) in [6.07, 6.45) is 0. The normalized spacial score (nSPS) is 10.9. The van der Waals surface area contributed by atoms with Gasteiger partial charge in [0, 0.05) is 0 Å². The first-order chi connectivity index (χ1) is 6.93. The molecule has 0 unspecified atom stereocenters. The molecule has 0 aliphatic heterocycles. The predicted octanol–water partition coefficient (Wildman–Crippen LogP) is 5.13. The van der Waals surface area contributed by atoms with E-state index >= 15 is 0 Å². The van der Waals surface area contributed by atoms with Crippen molar-refractivity contribution in [1.29, 1.82) is 0 Å². The summed E-state index contributed by atoms with van der Waals surface area (Å²) in [5, 5.41) is 0. The summed E-state index contributed by atoms with van der Waals surface area (Å²) in [6, 6.07) is 8.75. The number of rotatable bonds is 1. The number of hydrogen-bond acceptors (Lipinski definition) is 0. The monoisotopic (exact) mass is 206 g/mol. The molecule has 0 radical (unpaired) electrons. The van der Waals surface area contributed by atoms with Gasteiger partial charge in [-0.05, 0) is 22.5 Å². The van der Waals surface area contributed by atoms with Crippen LogP contribution >= 0.6 is 0 Å². The molecule has 0 heterocycles. The molecule has 0 amide bonds. The first-order valence-corrected chi connectivity index (χ1v) is 6.02. The molecule has 0 N–H and O–H groups in total. The fourth-order valence-corrected chi connectivity index (χ4v) is 1.68.